The molecule has 1 aromatic heterocycles. The molecule has 0 aliphatic heterocycles. The van der Waals surface area contributed by atoms with Gasteiger partial charge in [-0.05, 0) is 12.0 Å². The van der Waals surface area contributed by atoms with Gasteiger partial charge in [-0.25, -0.2) is 0 Å². The fraction of sp³-hybridized carbons (Fsp3) is 0.250. The maximum absolute atomic E-state index is 6.16. The molecule has 2 nitrogen and oxygen atoms in total. The lowest BCUT2D eigenvalue weighted by Crippen LogP contribution is -1.96. The highest BCUT2D eigenvalue weighted by Crippen LogP contribution is 2.36. The molecule has 0 amide bonds. The summed E-state index contributed by atoms with van der Waals surface area (Å²) in [4.78, 5) is 0.0681. The van der Waals surface area contributed by atoms with Crippen LogP contribution in [0.3, 0.4) is 0 Å². The largest absolute Gasteiger partial charge is 0.255 e. The third-order valence-electron chi connectivity index (χ3n) is 2.54. The Morgan fingerprint density at radius 2 is 1.94 bits per heavy atom. The highest BCUT2D eigenvalue weighted by atomic mass is 79.9. The molecular formula is C12H11BrCl2N2. The van der Waals surface area contributed by atoms with Gasteiger partial charge in [0.25, 0.3) is 0 Å². The van der Waals surface area contributed by atoms with Gasteiger partial charge in [-0.2, -0.15) is 5.10 Å². The summed E-state index contributed by atoms with van der Waals surface area (Å²) in [6.07, 6.45) is 0.825. The number of alkyl halides is 1. The van der Waals surface area contributed by atoms with E-state index in [0.29, 0.717) is 10.3 Å². The minimum atomic E-state index is 0.0681. The van der Waals surface area contributed by atoms with Gasteiger partial charge in [0, 0.05) is 17.4 Å². The van der Waals surface area contributed by atoms with Crippen LogP contribution in [0, 0.1) is 0 Å². The average Bonchev–Trinajstić information content (AvgIpc) is 2.54. The second kappa shape index (κ2) is 5.42. The SMILES string of the molecule is Cn1nc(Cl)c(C(Br)Cc2ccccc2)c1Cl. The summed E-state index contributed by atoms with van der Waals surface area (Å²) in [5, 5.41) is 5.12. The number of rotatable bonds is 3. The third-order valence-corrected chi connectivity index (χ3v) is 4.05. The summed E-state index contributed by atoms with van der Waals surface area (Å²) in [6.45, 7) is 0. The lowest BCUT2D eigenvalue weighted by molar-refractivity contribution is 0.767. The lowest BCUT2D eigenvalue weighted by Gasteiger charge is -2.09. The molecule has 0 saturated carbocycles. The Morgan fingerprint density at radius 1 is 1.29 bits per heavy atom. The van der Waals surface area contributed by atoms with E-state index in [2.05, 4.69) is 33.2 Å². The Bertz CT molecular complexity index is 511. The summed E-state index contributed by atoms with van der Waals surface area (Å²) in [5.74, 6) is 0. The standard InChI is InChI=1S/C12H11BrCl2N2/c1-17-12(15)10(11(14)16-17)9(13)7-8-5-3-2-4-6-8/h2-6,9H,7H2,1H3. The van der Waals surface area contributed by atoms with Gasteiger partial charge in [0.1, 0.15) is 5.15 Å². The van der Waals surface area contributed by atoms with Crippen LogP contribution in [0.2, 0.25) is 10.3 Å². The number of aromatic nitrogens is 2. The van der Waals surface area contributed by atoms with Gasteiger partial charge in [-0.1, -0.05) is 69.5 Å². The Labute approximate surface area is 119 Å². The zero-order chi connectivity index (χ0) is 12.4. The molecule has 1 heterocycles. The predicted molar refractivity (Wildman–Crippen MR) is 75.0 cm³/mol. The number of hydrogen-bond acceptors (Lipinski definition) is 1. The minimum Gasteiger partial charge on any atom is -0.255 e. The number of aryl methyl sites for hydroxylation is 1. The highest BCUT2D eigenvalue weighted by Gasteiger charge is 2.20. The van der Waals surface area contributed by atoms with Crippen molar-refractivity contribution in [2.24, 2.45) is 7.05 Å². The van der Waals surface area contributed by atoms with Crippen molar-refractivity contribution in [1.29, 1.82) is 0 Å². The van der Waals surface area contributed by atoms with Crippen molar-refractivity contribution in [2.75, 3.05) is 0 Å². The number of benzene rings is 1. The molecule has 1 atom stereocenters. The van der Waals surface area contributed by atoms with Crippen LogP contribution in [0.4, 0.5) is 0 Å². The smallest absolute Gasteiger partial charge is 0.156 e. The van der Waals surface area contributed by atoms with Crippen molar-refractivity contribution in [3.63, 3.8) is 0 Å². The first-order valence-corrected chi connectivity index (χ1v) is 6.82. The van der Waals surface area contributed by atoms with Gasteiger partial charge in [0.05, 0.1) is 0 Å². The highest BCUT2D eigenvalue weighted by molar-refractivity contribution is 9.09. The fourth-order valence-corrected chi connectivity index (χ4v) is 3.38. The third kappa shape index (κ3) is 2.84. The molecule has 17 heavy (non-hydrogen) atoms. The van der Waals surface area contributed by atoms with Crippen molar-refractivity contribution in [1.82, 2.24) is 9.78 Å². The van der Waals surface area contributed by atoms with Gasteiger partial charge < -0.3 is 0 Å². The van der Waals surface area contributed by atoms with Gasteiger partial charge in [0.2, 0.25) is 0 Å². The summed E-state index contributed by atoms with van der Waals surface area (Å²) in [7, 11) is 1.78. The molecule has 0 spiro atoms. The van der Waals surface area contributed by atoms with E-state index in [0.717, 1.165) is 12.0 Å². The van der Waals surface area contributed by atoms with Gasteiger partial charge in [-0.3, -0.25) is 4.68 Å². The maximum Gasteiger partial charge on any atom is 0.156 e. The van der Waals surface area contributed by atoms with Crippen molar-refractivity contribution < 1.29 is 0 Å². The van der Waals surface area contributed by atoms with Crippen molar-refractivity contribution in [2.45, 2.75) is 11.2 Å². The summed E-state index contributed by atoms with van der Waals surface area (Å²) in [5.41, 5.74) is 2.07. The molecule has 0 saturated heterocycles. The van der Waals surface area contributed by atoms with Gasteiger partial charge in [-0.15, -0.1) is 0 Å². The van der Waals surface area contributed by atoms with E-state index in [-0.39, 0.29) is 4.83 Å². The van der Waals surface area contributed by atoms with Crippen LogP contribution in [0.1, 0.15) is 16.0 Å². The second-order valence-corrected chi connectivity index (χ2v) is 5.60. The summed E-state index contributed by atoms with van der Waals surface area (Å²) < 4.78 is 1.58. The summed E-state index contributed by atoms with van der Waals surface area (Å²) in [6, 6.07) is 10.2. The Morgan fingerprint density at radius 3 is 2.47 bits per heavy atom. The van der Waals surface area contributed by atoms with Crippen LogP contribution < -0.4 is 0 Å². The molecule has 1 unspecified atom stereocenters. The zero-order valence-electron chi connectivity index (χ0n) is 9.20. The molecule has 2 aromatic rings. The second-order valence-electron chi connectivity index (χ2n) is 3.78. The van der Waals surface area contributed by atoms with E-state index in [1.165, 1.54) is 5.56 Å². The number of nitrogens with zero attached hydrogens (tertiary/aromatic N) is 2. The zero-order valence-corrected chi connectivity index (χ0v) is 12.3. The van der Waals surface area contributed by atoms with Crippen LogP contribution in [-0.4, -0.2) is 9.78 Å². The molecule has 0 bridgehead atoms. The van der Waals surface area contributed by atoms with Crippen LogP contribution in [0.25, 0.3) is 0 Å². The van der Waals surface area contributed by atoms with Crippen LogP contribution >= 0.6 is 39.1 Å². The van der Waals surface area contributed by atoms with Crippen molar-refractivity contribution in [3.05, 3.63) is 51.8 Å². The van der Waals surface area contributed by atoms with Crippen LogP contribution in [0.5, 0.6) is 0 Å². The predicted octanol–water partition coefficient (Wildman–Crippen LogP) is 4.41. The Kier molecular flexibility index (Phi) is 4.13. The number of halogens is 3. The molecule has 0 fully saturated rings. The summed E-state index contributed by atoms with van der Waals surface area (Å²) >= 11 is 15.8. The first-order chi connectivity index (χ1) is 8.09. The number of hydrogen-bond donors (Lipinski definition) is 0. The molecule has 5 heteroatoms. The molecular weight excluding hydrogens is 323 g/mol. The maximum atomic E-state index is 6.16. The van der Waals surface area contributed by atoms with E-state index >= 15 is 0 Å². The quantitative estimate of drug-likeness (QED) is 0.761. The minimum absolute atomic E-state index is 0.0681. The monoisotopic (exact) mass is 332 g/mol. The topological polar surface area (TPSA) is 17.8 Å². The first-order valence-electron chi connectivity index (χ1n) is 5.15. The lowest BCUT2D eigenvalue weighted by atomic mass is 10.1. The van der Waals surface area contributed by atoms with E-state index in [9.17, 15) is 0 Å². The van der Waals surface area contributed by atoms with Crippen molar-refractivity contribution in [3.8, 4) is 0 Å². The Balaban J connectivity index is 2.23. The average molecular weight is 334 g/mol. The fourth-order valence-electron chi connectivity index (χ4n) is 1.67. The molecule has 90 valence electrons. The van der Waals surface area contributed by atoms with E-state index in [4.69, 9.17) is 23.2 Å². The van der Waals surface area contributed by atoms with Crippen LogP contribution in [0.15, 0.2) is 30.3 Å². The molecule has 0 aliphatic rings. The van der Waals surface area contributed by atoms with E-state index in [1.807, 2.05) is 18.2 Å². The molecule has 2 rings (SSSR count). The van der Waals surface area contributed by atoms with Crippen molar-refractivity contribution >= 4 is 39.1 Å². The molecule has 1 aromatic carbocycles. The van der Waals surface area contributed by atoms with E-state index < -0.39 is 0 Å². The molecule has 0 aliphatic carbocycles. The van der Waals surface area contributed by atoms with E-state index in [1.54, 1.807) is 11.7 Å². The van der Waals surface area contributed by atoms with Gasteiger partial charge in [0.15, 0.2) is 5.15 Å². The first kappa shape index (κ1) is 12.9. The van der Waals surface area contributed by atoms with Gasteiger partial charge >= 0.3 is 0 Å². The normalized spacial score (nSPS) is 12.7. The molecule has 0 radical (unpaired) electrons. The Hall–Kier alpha value is -0.510. The van der Waals surface area contributed by atoms with Crippen LogP contribution in [-0.2, 0) is 13.5 Å². The molecule has 0 N–H and O–H groups in total.